The number of nitrogens with one attached hydrogen (secondary N) is 1. The average molecular weight is 207 g/mol. The minimum absolute atomic E-state index is 0.117. The highest BCUT2D eigenvalue weighted by molar-refractivity contribution is 5.39. The van der Waals surface area contributed by atoms with Crippen LogP contribution in [0.3, 0.4) is 0 Å². The second-order valence-electron chi connectivity index (χ2n) is 4.31. The first-order valence-electron chi connectivity index (χ1n) is 5.48. The summed E-state index contributed by atoms with van der Waals surface area (Å²) in [7, 11) is 0. The van der Waals surface area contributed by atoms with Gasteiger partial charge in [0.05, 0.1) is 6.61 Å². The van der Waals surface area contributed by atoms with Gasteiger partial charge in [-0.15, -0.1) is 0 Å². The van der Waals surface area contributed by atoms with Crippen molar-refractivity contribution in [1.29, 1.82) is 0 Å². The molecule has 0 unspecified atom stereocenters. The molecular weight excluding hydrogens is 193 g/mol. The van der Waals surface area contributed by atoms with E-state index in [1.807, 2.05) is 6.07 Å². The molecule has 3 rings (SSSR count). The fourth-order valence-corrected chi connectivity index (χ4v) is 2.70. The number of hydrogen-bond donors (Lipinski definition) is 1. The van der Waals surface area contributed by atoms with E-state index in [2.05, 4.69) is 5.32 Å². The molecule has 1 fully saturated rings. The van der Waals surface area contributed by atoms with Crippen LogP contribution < -0.4 is 10.1 Å². The third-order valence-electron chi connectivity index (χ3n) is 3.47. The summed E-state index contributed by atoms with van der Waals surface area (Å²) in [4.78, 5) is 0. The third-order valence-corrected chi connectivity index (χ3v) is 3.47. The number of fused-ring (bicyclic) bond motifs is 3. The van der Waals surface area contributed by atoms with Crippen LogP contribution in [0.1, 0.15) is 17.9 Å². The molecule has 3 heteroatoms. The molecule has 2 aliphatic heterocycles. The Bertz CT molecular complexity index is 380. The van der Waals surface area contributed by atoms with E-state index in [9.17, 15) is 4.39 Å². The van der Waals surface area contributed by atoms with E-state index in [1.165, 1.54) is 6.07 Å². The van der Waals surface area contributed by atoms with Gasteiger partial charge in [0.1, 0.15) is 11.6 Å². The highest BCUT2D eigenvalue weighted by Crippen LogP contribution is 2.39. The summed E-state index contributed by atoms with van der Waals surface area (Å²) >= 11 is 0. The lowest BCUT2D eigenvalue weighted by atomic mass is 9.87. The van der Waals surface area contributed by atoms with Crippen molar-refractivity contribution in [2.24, 2.45) is 5.92 Å². The van der Waals surface area contributed by atoms with E-state index in [1.54, 1.807) is 6.07 Å². The molecule has 1 saturated heterocycles. The fourth-order valence-electron chi connectivity index (χ4n) is 2.70. The van der Waals surface area contributed by atoms with Crippen LogP contribution in [0.25, 0.3) is 0 Å². The van der Waals surface area contributed by atoms with Crippen LogP contribution in [-0.4, -0.2) is 19.7 Å². The van der Waals surface area contributed by atoms with Crippen molar-refractivity contribution in [2.45, 2.75) is 12.3 Å². The van der Waals surface area contributed by atoms with Crippen molar-refractivity contribution >= 4 is 0 Å². The van der Waals surface area contributed by atoms with Crippen LogP contribution in [0.5, 0.6) is 5.75 Å². The molecule has 0 saturated carbocycles. The maximum Gasteiger partial charge on any atom is 0.130 e. The van der Waals surface area contributed by atoms with E-state index < -0.39 is 0 Å². The molecule has 80 valence electrons. The van der Waals surface area contributed by atoms with Crippen LogP contribution in [0.2, 0.25) is 0 Å². The number of hydrogen-bond acceptors (Lipinski definition) is 2. The number of rotatable bonds is 0. The molecule has 0 bridgehead atoms. The summed E-state index contributed by atoms with van der Waals surface area (Å²) in [6, 6.07) is 5.12. The minimum Gasteiger partial charge on any atom is -0.493 e. The first-order valence-corrected chi connectivity index (χ1v) is 5.48. The third kappa shape index (κ3) is 1.42. The molecule has 0 amide bonds. The molecule has 2 atom stereocenters. The lowest BCUT2D eigenvalue weighted by Gasteiger charge is -2.16. The normalized spacial score (nSPS) is 28.9. The first kappa shape index (κ1) is 9.16. The van der Waals surface area contributed by atoms with Crippen LogP contribution in [0.15, 0.2) is 18.2 Å². The van der Waals surface area contributed by atoms with Crippen molar-refractivity contribution < 1.29 is 9.13 Å². The quantitative estimate of drug-likeness (QED) is 0.701. The lowest BCUT2D eigenvalue weighted by molar-refractivity contribution is 0.296. The largest absolute Gasteiger partial charge is 0.493 e. The standard InChI is InChI=1S/C12H14FNO/c13-10-2-1-3-11-12(10)9-7-14-6-8(9)4-5-15-11/h1-3,8-9,14H,4-7H2/t8-,9-/m0/s1. The van der Waals surface area contributed by atoms with Gasteiger partial charge in [0.25, 0.3) is 0 Å². The van der Waals surface area contributed by atoms with Gasteiger partial charge in [-0.3, -0.25) is 0 Å². The Morgan fingerprint density at radius 1 is 1.33 bits per heavy atom. The van der Waals surface area contributed by atoms with Crippen LogP contribution in [0, 0.1) is 11.7 Å². The van der Waals surface area contributed by atoms with Gasteiger partial charge in [0.15, 0.2) is 0 Å². The molecule has 0 aromatic heterocycles. The van der Waals surface area contributed by atoms with Gasteiger partial charge < -0.3 is 10.1 Å². The monoisotopic (exact) mass is 207 g/mol. The predicted molar refractivity (Wildman–Crippen MR) is 55.6 cm³/mol. The van der Waals surface area contributed by atoms with Gasteiger partial charge >= 0.3 is 0 Å². The van der Waals surface area contributed by atoms with Crippen LogP contribution >= 0.6 is 0 Å². The fraction of sp³-hybridized carbons (Fsp3) is 0.500. The van der Waals surface area contributed by atoms with Gasteiger partial charge in [-0.1, -0.05) is 6.07 Å². The van der Waals surface area contributed by atoms with Gasteiger partial charge in [-0.05, 0) is 31.0 Å². The topological polar surface area (TPSA) is 21.3 Å². The molecule has 0 aliphatic carbocycles. The predicted octanol–water partition coefficient (Wildman–Crippen LogP) is 1.91. The SMILES string of the molecule is Fc1cccc2c1[C@H]1CNC[C@@H]1CCO2. The van der Waals surface area contributed by atoms with Gasteiger partial charge in [0, 0.05) is 18.0 Å². The molecule has 1 aromatic rings. The molecule has 1 aromatic carbocycles. The van der Waals surface area contributed by atoms with Crippen molar-refractivity contribution in [3.63, 3.8) is 0 Å². The highest BCUT2D eigenvalue weighted by atomic mass is 19.1. The van der Waals surface area contributed by atoms with E-state index in [4.69, 9.17) is 4.74 Å². The molecule has 2 aliphatic rings. The van der Waals surface area contributed by atoms with Gasteiger partial charge in [-0.25, -0.2) is 4.39 Å². The average Bonchev–Trinajstić information content (AvgIpc) is 2.60. The molecule has 0 radical (unpaired) electrons. The molecule has 2 heterocycles. The maximum atomic E-state index is 13.8. The second kappa shape index (κ2) is 3.49. The van der Waals surface area contributed by atoms with Crippen molar-refractivity contribution in [3.05, 3.63) is 29.6 Å². The van der Waals surface area contributed by atoms with E-state index >= 15 is 0 Å². The molecule has 0 spiro atoms. The second-order valence-corrected chi connectivity index (χ2v) is 4.31. The molecular formula is C12H14FNO. The van der Waals surface area contributed by atoms with Crippen LogP contribution in [-0.2, 0) is 0 Å². The Balaban J connectivity index is 2.10. The Hall–Kier alpha value is -1.09. The van der Waals surface area contributed by atoms with Gasteiger partial charge in [0.2, 0.25) is 0 Å². The summed E-state index contributed by atoms with van der Waals surface area (Å²) < 4.78 is 19.4. The number of benzene rings is 1. The lowest BCUT2D eigenvalue weighted by Crippen LogP contribution is -2.11. The summed E-state index contributed by atoms with van der Waals surface area (Å²) in [5.41, 5.74) is 0.782. The highest BCUT2D eigenvalue weighted by Gasteiger charge is 2.34. The summed E-state index contributed by atoms with van der Waals surface area (Å²) in [5, 5.41) is 3.34. The zero-order chi connectivity index (χ0) is 10.3. The summed E-state index contributed by atoms with van der Waals surface area (Å²) in [6.45, 7) is 2.57. The Morgan fingerprint density at radius 3 is 3.20 bits per heavy atom. The smallest absolute Gasteiger partial charge is 0.130 e. The molecule has 15 heavy (non-hydrogen) atoms. The van der Waals surface area contributed by atoms with E-state index in [-0.39, 0.29) is 5.82 Å². The van der Waals surface area contributed by atoms with Crippen molar-refractivity contribution in [2.75, 3.05) is 19.7 Å². The van der Waals surface area contributed by atoms with Crippen LogP contribution in [0.4, 0.5) is 4.39 Å². The first-order chi connectivity index (χ1) is 7.36. The van der Waals surface area contributed by atoms with Crippen molar-refractivity contribution in [3.8, 4) is 5.75 Å². The van der Waals surface area contributed by atoms with Crippen molar-refractivity contribution in [1.82, 2.24) is 5.32 Å². The zero-order valence-electron chi connectivity index (χ0n) is 8.50. The Kier molecular flexibility index (Phi) is 2.13. The van der Waals surface area contributed by atoms with Gasteiger partial charge in [-0.2, -0.15) is 0 Å². The van der Waals surface area contributed by atoms with E-state index in [0.717, 1.165) is 30.8 Å². The number of ether oxygens (including phenoxy) is 1. The molecule has 1 N–H and O–H groups in total. The minimum atomic E-state index is -0.117. The summed E-state index contributed by atoms with van der Waals surface area (Å²) in [6.07, 6.45) is 1.02. The summed E-state index contributed by atoms with van der Waals surface area (Å²) in [5.74, 6) is 1.45. The zero-order valence-corrected chi connectivity index (χ0v) is 8.50. The number of halogens is 1. The Labute approximate surface area is 88.4 Å². The Morgan fingerprint density at radius 2 is 2.27 bits per heavy atom. The van der Waals surface area contributed by atoms with E-state index in [0.29, 0.717) is 18.4 Å². The molecule has 2 nitrogen and oxygen atoms in total. The maximum absolute atomic E-state index is 13.8.